The van der Waals surface area contributed by atoms with Crippen molar-refractivity contribution < 1.29 is 14.7 Å². The standard InChI is InChI=1S/C15H15NO3/c1-2-18-14-5-3-4-6-15(14)19-13-9-7-12(8-10-13)11-16-17/h3-11,17H,2H2,1H3/b16-11+. The Kier molecular flexibility index (Phi) is 4.39. The van der Waals surface area contributed by atoms with Crippen molar-refractivity contribution in [2.24, 2.45) is 5.16 Å². The van der Waals surface area contributed by atoms with Crippen LogP contribution in [0.4, 0.5) is 0 Å². The minimum atomic E-state index is 0.590. The maximum Gasteiger partial charge on any atom is 0.169 e. The van der Waals surface area contributed by atoms with E-state index in [1.165, 1.54) is 6.21 Å². The van der Waals surface area contributed by atoms with E-state index in [4.69, 9.17) is 14.7 Å². The van der Waals surface area contributed by atoms with Gasteiger partial charge in [-0.05, 0) is 48.9 Å². The highest BCUT2D eigenvalue weighted by Crippen LogP contribution is 2.31. The Labute approximate surface area is 111 Å². The highest BCUT2D eigenvalue weighted by molar-refractivity contribution is 5.79. The van der Waals surface area contributed by atoms with Gasteiger partial charge in [-0.2, -0.15) is 0 Å². The molecule has 0 amide bonds. The molecule has 0 heterocycles. The summed E-state index contributed by atoms with van der Waals surface area (Å²) in [6.45, 7) is 2.52. The van der Waals surface area contributed by atoms with E-state index in [1.54, 1.807) is 24.3 Å². The van der Waals surface area contributed by atoms with Gasteiger partial charge in [0.15, 0.2) is 11.5 Å². The minimum absolute atomic E-state index is 0.590. The van der Waals surface area contributed by atoms with E-state index in [9.17, 15) is 0 Å². The summed E-state index contributed by atoms with van der Waals surface area (Å²) in [6.07, 6.45) is 1.36. The summed E-state index contributed by atoms with van der Waals surface area (Å²) < 4.78 is 11.3. The summed E-state index contributed by atoms with van der Waals surface area (Å²) in [5.41, 5.74) is 0.799. The molecule has 2 aromatic carbocycles. The molecular weight excluding hydrogens is 242 g/mol. The number of nitrogens with zero attached hydrogens (tertiary/aromatic N) is 1. The fourth-order valence-corrected chi connectivity index (χ4v) is 1.62. The zero-order chi connectivity index (χ0) is 13.5. The van der Waals surface area contributed by atoms with Crippen LogP contribution in [0.15, 0.2) is 53.7 Å². The van der Waals surface area contributed by atoms with Crippen LogP contribution in [0, 0.1) is 0 Å². The number of rotatable bonds is 5. The third-order valence-electron chi connectivity index (χ3n) is 2.46. The van der Waals surface area contributed by atoms with Gasteiger partial charge in [-0.3, -0.25) is 0 Å². The molecule has 98 valence electrons. The number of para-hydroxylation sites is 2. The van der Waals surface area contributed by atoms with Crippen molar-refractivity contribution in [2.45, 2.75) is 6.92 Å². The fourth-order valence-electron chi connectivity index (χ4n) is 1.62. The molecule has 0 aliphatic carbocycles. The molecule has 0 saturated heterocycles. The van der Waals surface area contributed by atoms with E-state index in [-0.39, 0.29) is 0 Å². The fraction of sp³-hybridized carbons (Fsp3) is 0.133. The maximum atomic E-state index is 8.44. The molecule has 0 aromatic heterocycles. The van der Waals surface area contributed by atoms with Crippen LogP contribution < -0.4 is 9.47 Å². The van der Waals surface area contributed by atoms with Gasteiger partial charge in [0.1, 0.15) is 5.75 Å². The summed E-state index contributed by atoms with van der Waals surface area (Å²) in [4.78, 5) is 0. The molecule has 4 nitrogen and oxygen atoms in total. The molecule has 0 spiro atoms. The van der Waals surface area contributed by atoms with Crippen LogP contribution in [-0.4, -0.2) is 18.0 Å². The molecule has 0 saturated carbocycles. The molecular formula is C15H15NO3. The predicted octanol–water partition coefficient (Wildman–Crippen LogP) is 3.69. The second-order valence-electron chi connectivity index (χ2n) is 3.80. The van der Waals surface area contributed by atoms with Crippen LogP contribution in [0.1, 0.15) is 12.5 Å². The van der Waals surface area contributed by atoms with Crippen molar-refractivity contribution in [1.29, 1.82) is 0 Å². The predicted molar refractivity (Wildman–Crippen MR) is 73.5 cm³/mol. The van der Waals surface area contributed by atoms with Gasteiger partial charge in [0, 0.05) is 0 Å². The summed E-state index contributed by atoms with van der Waals surface area (Å²) in [5.74, 6) is 2.08. The van der Waals surface area contributed by atoms with Gasteiger partial charge in [-0.25, -0.2) is 0 Å². The van der Waals surface area contributed by atoms with Gasteiger partial charge in [-0.15, -0.1) is 0 Å². The Morgan fingerprint density at radius 2 is 1.74 bits per heavy atom. The van der Waals surface area contributed by atoms with E-state index in [0.29, 0.717) is 23.9 Å². The minimum Gasteiger partial charge on any atom is -0.490 e. The lowest BCUT2D eigenvalue weighted by Gasteiger charge is -2.11. The highest BCUT2D eigenvalue weighted by atomic mass is 16.5. The zero-order valence-corrected chi connectivity index (χ0v) is 10.6. The molecule has 0 radical (unpaired) electrons. The zero-order valence-electron chi connectivity index (χ0n) is 10.6. The van der Waals surface area contributed by atoms with Crippen LogP contribution in [-0.2, 0) is 0 Å². The lowest BCUT2D eigenvalue weighted by atomic mass is 10.2. The lowest BCUT2D eigenvalue weighted by Crippen LogP contribution is -1.94. The smallest absolute Gasteiger partial charge is 0.169 e. The van der Waals surface area contributed by atoms with E-state index >= 15 is 0 Å². The molecule has 0 atom stereocenters. The summed E-state index contributed by atoms with van der Waals surface area (Å²) in [5, 5.41) is 11.4. The summed E-state index contributed by atoms with van der Waals surface area (Å²) >= 11 is 0. The van der Waals surface area contributed by atoms with Crippen molar-refractivity contribution in [1.82, 2.24) is 0 Å². The Bertz CT molecular complexity index is 550. The third kappa shape index (κ3) is 3.48. The average molecular weight is 257 g/mol. The number of oxime groups is 1. The first kappa shape index (κ1) is 13.0. The molecule has 2 aromatic rings. The van der Waals surface area contributed by atoms with Gasteiger partial charge in [-0.1, -0.05) is 17.3 Å². The number of hydrogen-bond donors (Lipinski definition) is 1. The SMILES string of the molecule is CCOc1ccccc1Oc1ccc(/C=N/O)cc1. The Morgan fingerprint density at radius 3 is 2.37 bits per heavy atom. The average Bonchev–Trinajstić information content (AvgIpc) is 2.44. The first-order valence-corrected chi connectivity index (χ1v) is 6.00. The molecule has 4 heteroatoms. The molecule has 0 aliphatic rings. The second kappa shape index (κ2) is 6.44. The first-order chi connectivity index (χ1) is 9.33. The van der Waals surface area contributed by atoms with Crippen molar-refractivity contribution in [3.63, 3.8) is 0 Å². The van der Waals surface area contributed by atoms with E-state index in [1.807, 2.05) is 31.2 Å². The number of hydrogen-bond acceptors (Lipinski definition) is 4. The van der Waals surface area contributed by atoms with Crippen molar-refractivity contribution in [3.05, 3.63) is 54.1 Å². The molecule has 2 rings (SSSR count). The van der Waals surface area contributed by atoms with Crippen LogP contribution in [0.2, 0.25) is 0 Å². The molecule has 0 unspecified atom stereocenters. The van der Waals surface area contributed by atoms with Crippen LogP contribution in [0.25, 0.3) is 0 Å². The van der Waals surface area contributed by atoms with Gasteiger partial charge in [0.25, 0.3) is 0 Å². The quantitative estimate of drug-likeness (QED) is 0.505. The Balaban J connectivity index is 2.16. The van der Waals surface area contributed by atoms with Gasteiger partial charge in [0.05, 0.1) is 12.8 Å². The molecule has 1 N–H and O–H groups in total. The Hall–Kier alpha value is -2.49. The number of benzene rings is 2. The van der Waals surface area contributed by atoms with Crippen LogP contribution in [0.5, 0.6) is 17.2 Å². The van der Waals surface area contributed by atoms with Crippen molar-refractivity contribution in [3.8, 4) is 17.2 Å². The van der Waals surface area contributed by atoms with Crippen LogP contribution in [0.3, 0.4) is 0 Å². The van der Waals surface area contributed by atoms with Gasteiger partial charge in [0.2, 0.25) is 0 Å². The molecule has 19 heavy (non-hydrogen) atoms. The second-order valence-corrected chi connectivity index (χ2v) is 3.80. The third-order valence-corrected chi connectivity index (χ3v) is 2.46. The Morgan fingerprint density at radius 1 is 1.05 bits per heavy atom. The van der Waals surface area contributed by atoms with Gasteiger partial charge >= 0.3 is 0 Å². The lowest BCUT2D eigenvalue weighted by molar-refractivity contribution is 0.321. The summed E-state index contributed by atoms with van der Waals surface area (Å²) in [6, 6.07) is 14.7. The van der Waals surface area contributed by atoms with Crippen molar-refractivity contribution in [2.75, 3.05) is 6.61 Å². The topological polar surface area (TPSA) is 51.0 Å². The largest absolute Gasteiger partial charge is 0.490 e. The number of ether oxygens (including phenoxy) is 2. The van der Waals surface area contributed by atoms with Crippen molar-refractivity contribution >= 4 is 6.21 Å². The van der Waals surface area contributed by atoms with E-state index in [2.05, 4.69) is 5.16 Å². The van der Waals surface area contributed by atoms with Gasteiger partial charge < -0.3 is 14.7 Å². The van der Waals surface area contributed by atoms with Crippen LogP contribution >= 0.6 is 0 Å². The molecule has 0 fully saturated rings. The maximum absolute atomic E-state index is 8.44. The van der Waals surface area contributed by atoms with E-state index in [0.717, 1.165) is 5.56 Å². The molecule has 0 aliphatic heterocycles. The monoisotopic (exact) mass is 257 g/mol. The first-order valence-electron chi connectivity index (χ1n) is 6.00. The normalized spacial score (nSPS) is 10.6. The molecule has 0 bridgehead atoms. The highest BCUT2D eigenvalue weighted by Gasteiger charge is 2.04. The summed E-state index contributed by atoms with van der Waals surface area (Å²) in [7, 11) is 0. The van der Waals surface area contributed by atoms with E-state index < -0.39 is 0 Å².